The zero-order valence-electron chi connectivity index (χ0n) is 11.3. The van der Waals surface area contributed by atoms with Crippen LogP contribution in [-0.2, 0) is 6.54 Å². The summed E-state index contributed by atoms with van der Waals surface area (Å²) in [5.74, 6) is -0.205. The molecule has 2 aromatic heterocycles. The minimum Gasteiger partial charge on any atom is -0.393 e. The number of hydrogen-bond acceptors (Lipinski definition) is 5. The summed E-state index contributed by atoms with van der Waals surface area (Å²) in [6.45, 7) is 0.853. The van der Waals surface area contributed by atoms with Gasteiger partial charge in [-0.15, -0.1) is 0 Å². The number of nitrogens with two attached hydrogens (primary N) is 1. The maximum Gasteiger partial charge on any atom is 0.274 e. The second kappa shape index (κ2) is 7.39. The van der Waals surface area contributed by atoms with Crippen molar-refractivity contribution in [2.75, 3.05) is 6.54 Å². The van der Waals surface area contributed by atoms with Crippen molar-refractivity contribution in [1.82, 2.24) is 19.9 Å². The molecule has 0 radical (unpaired) electrons. The van der Waals surface area contributed by atoms with Crippen LogP contribution in [-0.4, -0.2) is 37.3 Å². The zero-order valence-corrected chi connectivity index (χ0v) is 12.2. The second-order valence-corrected chi connectivity index (χ2v) is 4.92. The number of carbonyl (C=O) groups is 1. The molecule has 2 N–H and O–H groups in total. The lowest BCUT2D eigenvalue weighted by Gasteiger charge is -2.22. The summed E-state index contributed by atoms with van der Waals surface area (Å²) in [5, 5.41) is 0. The molecule has 0 fully saturated rings. The van der Waals surface area contributed by atoms with Crippen LogP contribution < -0.4 is 5.73 Å². The molecular weight excluding hydrogens is 286 g/mol. The molecule has 0 atom stereocenters. The average Bonchev–Trinajstić information content (AvgIpc) is 2.52. The van der Waals surface area contributed by atoms with Crippen LogP contribution in [0.4, 0.5) is 0 Å². The number of aromatic nitrogens is 3. The average molecular weight is 301 g/mol. The SMILES string of the molecule is NC(=S)CCN(Cc1cccnc1)C(=O)c1cnccn1. The third-order valence-corrected chi connectivity index (χ3v) is 3.00. The second-order valence-electron chi connectivity index (χ2n) is 4.39. The summed E-state index contributed by atoms with van der Waals surface area (Å²) >= 11 is 4.88. The molecule has 2 aromatic rings. The highest BCUT2D eigenvalue weighted by Gasteiger charge is 2.17. The summed E-state index contributed by atoms with van der Waals surface area (Å²) < 4.78 is 0. The topological polar surface area (TPSA) is 85.0 Å². The lowest BCUT2D eigenvalue weighted by atomic mass is 10.2. The van der Waals surface area contributed by atoms with Crippen molar-refractivity contribution in [3.8, 4) is 0 Å². The van der Waals surface area contributed by atoms with E-state index in [1.807, 2.05) is 12.1 Å². The van der Waals surface area contributed by atoms with Crippen molar-refractivity contribution in [1.29, 1.82) is 0 Å². The van der Waals surface area contributed by atoms with E-state index in [1.54, 1.807) is 17.3 Å². The van der Waals surface area contributed by atoms with Crippen LogP contribution in [0.5, 0.6) is 0 Å². The van der Waals surface area contributed by atoms with Gasteiger partial charge in [0.1, 0.15) is 5.69 Å². The van der Waals surface area contributed by atoms with E-state index in [2.05, 4.69) is 15.0 Å². The Morgan fingerprint density at radius 3 is 2.67 bits per heavy atom. The Kier molecular flexibility index (Phi) is 5.28. The monoisotopic (exact) mass is 301 g/mol. The molecule has 1 amide bonds. The number of pyridine rings is 1. The van der Waals surface area contributed by atoms with Crippen LogP contribution in [0.15, 0.2) is 43.1 Å². The Balaban J connectivity index is 2.15. The van der Waals surface area contributed by atoms with Gasteiger partial charge in [0.25, 0.3) is 5.91 Å². The van der Waals surface area contributed by atoms with Crippen molar-refractivity contribution in [3.63, 3.8) is 0 Å². The number of nitrogens with zero attached hydrogens (tertiary/aromatic N) is 4. The van der Waals surface area contributed by atoms with Gasteiger partial charge in [0, 0.05) is 44.3 Å². The highest BCUT2D eigenvalue weighted by atomic mass is 32.1. The van der Waals surface area contributed by atoms with E-state index >= 15 is 0 Å². The smallest absolute Gasteiger partial charge is 0.274 e. The molecule has 0 spiro atoms. The van der Waals surface area contributed by atoms with Crippen LogP contribution in [0.25, 0.3) is 0 Å². The Morgan fingerprint density at radius 1 is 1.24 bits per heavy atom. The maximum atomic E-state index is 12.5. The van der Waals surface area contributed by atoms with Gasteiger partial charge < -0.3 is 10.6 Å². The van der Waals surface area contributed by atoms with Crippen LogP contribution >= 0.6 is 12.2 Å². The van der Waals surface area contributed by atoms with Gasteiger partial charge in [0.15, 0.2) is 0 Å². The Bertz CT molecular complexity index is 605. The van der Waals surface area contributed by atoms with Gasteiger partial charge in [0.2, 0.25) is 0 Å². The predicted molar refractivity (Wildman–Crippen MR) is 82.4 cm³/mol. The molecule has 0 saturated carbocycles. The van der Waals surface area contributed by atoms with Gasteiger partial charge in [-0.1, -0.05) is 18.3 Å². The van der Waals surface area contributed by atoms with Crippen molar-refractivity contribution >= 4 is 23.1 Å². The standard InChI is InChI=1S/C14H15N5OS/c15-13(21)3-7-19(10-11-2-1-4-16-8-11)14(20)12-9-17-5-6-18-12/h1-2,4-6,8-9H,3,7,10H2,(H2,15,21). The van der Waals surface area contributed by atoms with Gasteiger partial charge in [-0.2, -0.15) is 0 Å². The van der Waals surface area contributed by atoms with Gasteiger partial charge in [-0.25, -0.2) is 4.98 Å². The van der Waals surface area contributed by atoms with E-state index in [4.69, 9.17) is 18.0 Å². The number of amides is 1. The largest absolute Gasteiger partial charge is 0.393 e. The van der Waals surface area contributed by atoms with Gasteiger partial charge in [-0.3, -0.25) is 14.8 Å². The minimum absolute atomic E-state index is 0.205. The molecule has 2 rings (SSSR count). The van der Waals surface area contributed by atoms with E-state index in [0.29, 0.717) is 30.2 Å². The lowest BCUT2D eigenvalue weighted by molar-refractivity contribution is 0.0741. The molecular formula is C14H15N5OS. The minimum atomic E-state index is -0.205. The summed E-state index contributed by atoms with van der Waals surface area (Å²) in [7, 11) is 0. The Morgan fingerprint density at radius 2 is 2.05 bits per heavy atom. The van der Waals surface area contributed by atoms with E-state index < -0.39 is 0 Å². The molecule has 2 heterocycles. The van der Waals surface area contributed by atoms with E-state index in [-0.39, 0.29) is 5.91 Å². The highest BCUT2D eigenvalue weighted by molar-refractivity contribution is 7.80. The Hall–Kier alpha value is -2.41. The molecule has 21 heavy (non-hydrogen) atoms. The summed E-state index contributed by atoms with van der Waals surface area (Å²) in [6, 6.07) is 3.73. The fourth-order valence-corrected chi connectivity index (χ4v) is 1.87. The lowest BCUT2D eigenvalue weighted by Crippen LogP contribution is -2.34. The molecule has 0 aliphatic heterocycles. The van der Waals surface area contributed by atoms with Gasteiger partial charge >= 0.3 is 0 Å². The number of rotatable bonds is 6. The van der Waals surface area contributed by atoms with Crippen molar-refractivity contribution in [3.05, 3.63) is 54.4 Å². The third kappa shape index (κ3) is 4.57. The van der Waals surface area contributed by atoms with Crippen LogP contribution in [0, 0.1) is 0 Å². The zero-order chi connectivity index (χ0) is 15.1. The summed E-state index contributed by atoms with van der Waals surface area (Å²) in [6.07, 6.45) is 8.33. The summed E-state index contributed by atoms with van der Waals surface area (Å²) in [4.78, 5) is 26.5. The first-order valence-corrected chi connectivity index (χ1v) is 6.80. The van der Waals surface area contributed by atoms with Crippen LogP contribution in [0.3, 0.4) is 0 Å². The summed E-state index contributed by atoms with van der Waals surface area (Å²) in [5.41, 5.74) is 6.75. The molecule has 7 heteroatoms. The molecule has 0 aromatic carbocycles. The number of carbonyl (C=O) groups excluding carboxylic acids is 1. The molecule has 0 unspecified atom stereocenters. The molecule has 0 saturated heterocycles. The van der Waals surface area contributed by atoms with E-state index in [9.17, 15) is 4.79 Å². The van der Waals surface area contributed by atoms with Crippen molar-refractivity contribution in [2.24, 2.45) is 5.73 Å². The fraction of sp³-hybridized carbons (Fsp3) is 0.214. The molecule has 6 nitrogen and oxygen atoms in total. The predicted octanol–water partition coefficient (Wildman–Crippen LogP) is 1.19. The van der Waals surface area contributed by atoms with Crippen molar-refractivity contribution in [2.45, 2.75) is 13.0 Å². The van der Waals surface area contributed by atoms with Crippen LogP contribution in [0.2, 0.25) is 0 Å². The molecule has 0 aliphatic rings. The molecule has 0 aliphatic carbocycles. The van der Waals surface area contributed by atoms with Crippen LogP contribution in [0.1, 0.15) is 22.5 Å². The maximum absolute atomic E-state index is 12.5. The van der Waals surface area contributed by atoms with E-state index in [1.165, 1.54) is 18.6 Å². The van der Waals surface area contributed by atoms with Gasteiger partial charge in [0.05, 0.1) is 11.2 Å². The van der Waals surface area contributed by atoms with Crippen molar-refractivity contribution < 1.29 is 4.79 Å². The third-order valence-electron chi connectivity index (χ3n) is 2.79. The molecule has 0 bridgehead atoms. The van der Waals surface area contributed by atoms with Gasteiger partial charge in [-0.05, 0) is 11.6 Å². The number of hydrogen-bond donors (Lipinski definition) is 1. The Labute approximate surface area is 128 Å². The first-order valence-electron chi connectivity index (χ1n) is 6.39. The first kappa shape index (κ1) is 15.0. The highest BCUT2D eigenvalue weighted by Crippen LogP contribution is 2.08. The molecule has 108 valence electrons. The van der Waals surface area contributed by atoms with E-state index in [0.717, 1.165) is 5.56 Å². The normalized spacial score (nSPS) is 10.1. The fourth-order valence-electron chi connectivity index (χ4n) is 1.78. The first-order chi connectivity index (χ1) is 10.2. The number of thiocarbonyl (C=S) groups is 1. The quantitative estimate of drug-likeness (QED) is 0.807.